The maximum atomic E-state index is 11.6. The number of rotatable bonds is 2. The SMILES string of the molecule is COC(=O)C1(O)CCN(c2cc(C#N)ccc2C)CC1. The fraction of sp³-hybridized carbons (Fsp3) is 0.467. The molecule has 1 heterocycles. The average Bonchev–Trinajstić information content (AvgIpc) is 2.48. The molecule has 1 aliphatic heterocycles. The van der Waals surface area contributed by atoms with Gasteiger partial charge >= 0.3 is 5.97 Å². The van der Waals surface area contributed by atoms with Crippen molar-refractivity contribution in [1.82, 2.24) is 0 Å². The summed E-state index contributed by atoms with van der Waals surface area (Å²) in [5.74, 6) is -0.570. The van der Waals surface area contributed by atoms with Gasteiger partial charge in [0.2, 0.25) is 0 Å². The number of anilines is 1. The normalized spacial score (nSPS) is 17.4. The Morgan fingerprint density at radius 2 is 2.10 bits per heavy atom. The molecule has 0 spiro atoms. The number of nitrogens with zero attached hydrogens (tertiary/aromatic N) is 2. The molecule has 0 bridgehead atoms. The molecular formula is C15H18N2O3. The van der Waals surface area contributed by atoms with Crippen molar-refractivity contribution in [3.63, 3.8) is 0 Å². The second-order valence-electron chi connectivity index (χ2n) is 5.12. The van der Waals surface area contributed by atoms with E-state index in [4.69, 9.17) is 5.26 Å². The Balaban J connectivity index is 2.15. The summed E-state index contributed by atoms with van der Waals surface area (Å²) in [6.45, 7) is 3.10. The van der Waals surface area contributed by atoms with Crippen LogP contribution in [0, 0.1) is 18.3 Å². The average molecular weight is 274 g/mol. The lowest BCUT2D eigenvalue weighted by Gasteiger charge is -2.38. The Bertz CT molecular complexity index is 555. The maximum Gasteiger partial charge on any atom is 0.337 e. The number of benzene rings is 1. The van der Waals surface area contributed by atoms with Crippen molar-refractivity contribution in [3.8, 4) is 6.07 Å². The molecule has 0 unspecified atom stereocenters. The fourth-order valence-electron chi connectivity index (χ4n) is 2.53. The molecule has 0 atom stereocenters. The predicted octanol–water partition coefficient (Wildman–Crippen LogP) is 1.37. The van der Waals surface area contributed by atoms with Crippen molar-refractivity contribution in [2.45, 2.75) is 25.4 Å². The van der Waals surface area contributed by atoms with Crippen molar-refractivity contribution < 1.29 is 14.6 Å². The number of esters is 1. The summed E-state index contributed by atoms with van der Waals surface area (Å²) in [7, 11) is 1.28. The molecule has 5 nitrogen and oxygen atoms in total. The number of methoxy groups -OCH3 is 1. The number of aliphatic hydroxyl groups is 1. The Kier molecular flexibility index (Phi) is 3.96. The first-order valence-electron chi connectivity index (χ1n) is 6.56. The topological polar surface area (TPSA) is 73.6 Å². The van der Waals surface area contributed by atoms with Crippen LogP contribution in [0.2, 0.25) is 0 Å². The molecule has 1 aliphatic rings. The van der Waals surface area contributed by atoms with Gasteiger partial charge in [-0.1, -0.05) is 6.07 Å². The summed E-state index contributed by atoms with van der Waals surface area (Å²) in [4.78, 5) is 13.7. The van der Waals surface area contributed by atoms with Crippen LogP contribution in [0.15, 0.2) is 18.2 Å². The Morgan fingerprint density at radius 3 is 2.65 bits per heavy atom. The second-order valence-corrected chi connectivity index (χ2v) is 5.12. The first kappa shape index (κ1) is 14.4. The minimum atomic E-state index is -1.38. The largest absolute Gasteiger partial charge is 0.467 e. The highest BCUT2D eigenvalue weighted by Crippen LogP contribution is 2.29. The molecular weight excluding hydrogens is 256 g/mol. The van der Waals surface area contributed by atoms with Gasteiger partial charge in [-0.2, -0.15) is 5.26 Å². The van der Waals surface area contributed by atoms with Crippen LogP contribution in [0.25, 0.3) is 0 Å². The molecule has 1 fully saturated rings. The summed E-state index contributed by atoms with van der Waals surface area (Å²) >= 11 is 0. The van der Waals surface area contributed by atoms with Gasteiger partial charge in [-0.3, -0.25) is 0 Å². The standard InChI is InChI=1S/C15H18N2O3/c1-11-3-4-12(10-16)9-13(11)17-7-5-15(19,6-8-17)14(18)20-2/h3-4,9,19H,5-8H2,1-2H3. The lowest BCUT2D eigenvalue weighted by atomic mass is 9.91. The Morgan fingerprint density at radius 1 is 1.45 bits per heavy atom. The summed E-state index contributed by atoms with van der Waals surface area (Å²) in [6.07, 6.45) is 0.659. The zero-order valence-electron chi connectivity index (χ0n) is 11.7. The van der Waals surface area contributed by atoms with Gasteiger partial charge in [0, 0.05) is 31.6 Å². The van der Waals surface area contributed by atoms with Crippen LogP contribution in [0.4, 0.5) is 5.69 Å². The zero-order chi connectivity index (χ0) is 14.8. The highest BCUT2D eigenvalue weighted by atomic mass is 16.5. The van der Waals surface area contributed by atoms with Crippen LogP contribution in [-0.2, 0) is 9.53 Å². The second kappa shape index (κ2) is 5.51. The quantitative estimate of drug-likeness (QED) is 0.825. The minimum absolute atomic E-state index is 0.329. The number of ether oxygens (including phenoxy) is 1. The van der Waals surface area contributed by atoms with Crippen molar-refractivity contribution in [2.24, 2.45) is 0 Å². The first-order valence-corrected chi connectivity index (χ1v) is 6.56. The Hall–Kier alpha value is -2.06. The molecule has 1 N–H and O–H groups in total. The van der Waals surface area contributed by atoms with Crippen LogP contribution >= 0.6 is 0 Å². The van der Waals surface area contributed by atoms with E-state index in [9.17, 15) is 9.90 Å². The van der Waals surface area contributed by atoms with Gasteiger partial charge < -0.3 is 14.7 Å². The summed E-state index contributed by atoms with van der Waals surface area (Å²) in [5, 5.41) is 19.2. The van der Waals surface area contributed by atoms with E-state index < -0.39 is 11.6 Å². The lowest BCUT2D eigenvalue weighted by Crippen LogP contribution is -2.50. The van der Waals surface area contributed by atoms with Gasteiger partial charge in [-0.25, -0.2) is 4.79 Å². The zero-order valence-corrected chi connectivity index (χ0v) is 11.7. The van der Waals surface area contributed by atoms with Gasteiger partial charge in [0.05, 0.1) is 18.7 Å². The molecule has 1 aromatic rings. The number of carbonyl (C=O) groups excluding carboxylic acids is 1. The monoisotopic (exact) mass is 274 g/mol. The fourth-order valence-corrected chi connectivity index (χ4v) is 2.53. The van der Waals surface area contributed by atoms with Crippen LogP contribution in [0.5, 0.6) is 0 Å². The van der Waals surface area contributed by atoms with Crippen molar-refractivity contribution >= 4 is 11.7 Å². The third-order valence-corrected chi connectivity index (χ3v) is 3.83. The van der Waals surface area contributed by atoms with Gasteiger partial charge in [-0.05, 0) is 24.6 Å². The summed E-state index contributed by atoms with van der Waals surface area (Å²) < 4.78 is 4.64. The summed E-state index contributed by atoms with van der Waals surface area (Å²) in [6, 6.07) is 7.67. The number of aryl methyl sites for hydroxylation is 1. The van der Waals surface area contributed by atoms with E-state index in [1.165, 1.54) is 7.11 Å². The number of hydrogen-bond acceptors (Lipinski definition) is 5. The maximum absolute atomic E-state index is 11.6. The lowest BCUT2D eigenvalue weighted by molar-refractivity contribution is -0.164. The van der Waals surface area contributed by atoms with Crippen molar-refractivity contribution in [2.75, 3.05) is 25.1 Å². The first-order chi connectivity index (χ1) is 9.50. The molecule has 1 saturated heterocycles. The van der Waals surface area contributed by atoms with Gasteiger partial charge in [0.1, 0.15) is 0 Å². The molecule has 1 aromatic carbocycles. The van der Waals surface area contributed by atoms with E-state index in [1.807, 2.05) is 19.1 Å². The van der Waals surface area contributed by atoms with Crippen molar-refractivity contribution in [1.29, 1.82) is 5.26 Å². The third-order valence-electron chi connectivity index (χ3n) is 3.83. The molecule has 0 saturated carbocycles. The number of hydrogen-bond donors (Lipinski definition) is 1. The highest BCUT2D eigenvalue weighted by Gasteiger charge is 2.40. The summed E-state index contributed by atoms with van der Waals surface area (Å²) in [5.41, 5.74) is 1.29. The molecule has 0 amide bonds. The predicted molar refractivity (Wildman–Crippen MR) is 74.3 cm³/mol. The molecule has 2 rings (SSSR count). The van der Waals surface area contributed by atoms with Crippen molar-refractivity contribution in [3.05, 3.63) is 29.3 Å². The molecule has 0 radical (unpaired) electrons. The number of carbonyl (C=O) groups is 1. The van der Waals surface area contributed by atoms with E-state index in [-0.39, 0.29) is 0 Å². The van der Waals surface area contributed by atoms with Crippen LogP contribution < -0.4 is 4.90 Å². The van der Waals surface area contributed by atoms with E-state index in [0.717, 1.165) is 11.3 Å². The van der Waals surface area contributed by atoms with Gasteiger partial charge in [0.15, 0.2) is 5.60 Å². The Labute approximate surface area is 118 Å². The van der Waals surface area contributed by atoms with Crippen LogP contribution in [-0.4, -0.2) is 36.9 Å². The van der Waals surface area contributed by atoms with Gasteiger partial charge in [0.25, 0.3) is 0 Å². The van der Waals surface area contributed by atoms with Crippen LogP contribution in [0.3, 0.4) is 0 Å². The van der Waals surface area contributed by atoms with E-state index in [1.54, 1.807) is 6.07 Å². The third kappa shape index (κ3) is 2.61. The number of piperidine rings is 1. The molecule has 20 heavy (non-hydrogen) atoms. The molecule has 0 aromatic heterocycles. The number of nitriles is 1. The van der Waals surface area contributed by atoms with E-state index in [2.05, 4.69) is 15.7 Å². The minimum Gasteiger partial charge on any atom is -0.467 e. The molecule has 5 heteroatoms. The molecule has 0 aliphatic carbocycles. The highest BCUT2D eigenvalue weighted by molar-refractivity contribution is 5.79. The molecule has 106 valence electrons. The smallest absolute Gasteiger partial charge is 0.337 e. The van der Waals surface area contributed by atoms with E-state index >= 15 is 0 Å². The van der Waals surface area contributed by atoms with Gasteiger partial charge in [-0.15, -0.1) is 0 Å². The van der Waals surface area contributed by atoms with E-state index in [0.29, 0.717) is 31.5 Å². The van der Waals surface area contributed by atoms with Crippen LogP contribution in [0.1, 0.15) is 24.0 Å².